The number of primary sulfonamides is 1. The number of hydrogen-bond donors (Lipinski definition) is 2. The molecule has 1 fully saturated rings. The van der Waals surface area contributed by atoms with Crippen LogP contribution in [0.25, 0.3) is 0 Å². The van der Waals surface area contributed by atoms with Gasteiger partial charge >= 0.3 is 0 Å². The maximum Gasteiger partial charge on any atom is 0.271 e. The summed E-state index contributed by atoms with van der Waals surface area (Å²) < 4.78 is 27.2. The SMILES string of the molecule is CC1CCCC1CNCc1ccc(S(N)(=O)=O)o1. The highest BCUT2D eigenvalue weighted by Gasteiger charge is 2.22. The zero-order valence-electron chi connectivity index (χ0n) is 10.6. The first kappa shape index (κ1) is 13.6. The van der Waals surface area contributed by atoms with Gasteiger partial charge in [0, 0.05) is 0 Å². The molecule has 0 aliphatic heterocycles. The molecule has 6 heteroatoms. The molecule has 2 atom stereocenters. The van der Waals surface area contributed by atoms with E-state index in [2.05, 4.69) is 12.2 Å². The predicted octanol–water partition coefficient (Wildman–Crippen LogP) is 1.45. The van der Waals surface area contributed by atoms with Gasteiger partial charge in [-0.3, -0.25) is 0 Å². The van der Waals surface area contributed by atoms with E-state index in [9.17, 15) is 8.42 Å². The average Bonchev–Trinajstić information content (AvgIpc) is 2.88. The molecule has 2 unspecified atom stereocenters. The lowest BCUT2D eigenvalue weighted by atomic mass is 9.98. The summed E-state index contributed by atoms with van der Waals surface area (Å²) in [6.45, 7) is 3.77. The predicted molar refractivity (Wildman–Crippen MR) is 68.3 cm³/mol. The van der Waals surface area contributed by atoms with Gasteiger partial charge in [-0.1, -0.05) is 19.8 Å². The summed E-state index contributed by atoms with van der Waals surface area (Å²) in [6, 6.07) is 3.04. The van der Waals surface area contributed by atoms with Crippen molar-refractivity contribution in [2.45, 2.75) is 37.8 Å². The third-order valence-corrected chi connectivity index (χ3v) is 4.44. The molecule has 1 aliphatic carbocycles. The molecule has 1 aromatic rings. The van der Waals surface area contributed by atoms with Crippen LogP contribution in [0.2, 0.25) is 0 Å². The number of rotatable bonds is 5. The highest BCUT2D eigenvalue weighted by molar-refractivity contribution is 7.89. The molecule has 1 aliphatic rings. The van der Waals surface area contributed by atoms with Gasteiger partial charge < -0.3 is 9.73 Å². The quantitative estimate of drug-likeness (QED) is 0.849. The minimum Gasteiger partial charge on any atom is -0.447 e. The van der Waals surface area contributed by atoms with Gasteiger partial charge in [0.05, 0.1) is 6.54 Å². The third kappa shape index (κ3) is 3.34. The molecule has 0 amide bonds. The number of hydrogen-bond acceptors (Lipinski definition) is 4. The zero-order chi connectivity index (χ0) is 13.2. The van der Waals surface area contributed by atoms with Crippen LogP contribution in [0.4, 0.5) is 0 Å². The molecule has 0 radical (unpaired) electrons. The second-order valence-electron chi connectivity index (χ2n) is 5.06. The molecule has 18 heavy (non-hydrogen) atoms. The fourth-order valence-corrected chi connectivity index (χ4v) is 2.99. The fraction of sp³-hybridized carbons (Fsp3) is 0.667. The van der Waals surface area contributed by atoms with Crippen molar-refractivity contribution in [3.05, 3.63) is 17.9 Å². The summed E-state index contributed by atoms with van der Waals surface area (Å²) in [7, 11) is -3.73. The third-order valence-electron chi connectivity index (χ3n) is 3.66. The van der Waals surface area contributed by atoms with Crippen molar-refractivity contribution in [2.75, 3.05) is 6.54 Å². The van der Waals surface area contributed by atoms with E-state index < -0.39 is 10.0 Å². The average molecular weight is 272 g/mol. The monoisotopic (exact) mass is 272 g/mol. The second kappa shape index (κ2) is 5.42. The highest BCUT2D eigenvalue weighted by Crippen LogP contribution is 2.30. The Morgan fingerprint density at radius 1 is 1.44 bits per heavy atom. The summed E-state index contributed by atoms with van der Waals surface area (Å²) >= 11 is 0. The molecule has 2 rings (SSSR count). The lowest BCUT2D eigenvalue weighted by molar-refractivity contribution is 0.365. The minimum atomic E-state index is -3.73. The van der Waals surface area contributed by atoms with Crippen molar-refractivity contribution in [1.29, 1.82) is 0 Å². The summed E-state index contributed by atoms with van der Waals surface area (Å²) in [5.74, 6) is 2.09. The van der Waals surface area contributed by atoms with Crippen molar-refractivity contribution in [1.82, 2.24) is 5.32 Å². The Bertz CT molecular complexity index is 495. The van der Waals surface area contributed by atoms with Crippen LogP contribution in [0.15, 0.2) is 21.6 Å². The Balaban J connectivity index is 1.82. The van der Waals surface area contributed by atoms with Gasteiger partial charge in [-0.15, -0.1) is 0 Å². The molecule has 3 N–H and O–H groups in total. The van der Waals surface area contributed by atoms with Crippen molar-refractivity contribution in [3.8, 4) is 0 Å². The number of sulfonamides is 1. The van der Waals surface area contributed by atoms with Gasteiger partial charge in [-0.05, 0) is 36.9 Å². The first-order chi connectivity index (χ1) is 8.47. The Morgan fingerprint density at radius 3 is 2.78 bits per heavy atom. The summed E-state index contributed by atoms with van der Waals surface area (Å²) in [4.78, 5) is 0. The Labute approximate surface area is 108 Å². The van der Waals surface area contributed by atoms with Gasteiger partial charge in [-0.2, -0.15) is 0 Å². The van der Waals surface area contributed by atoms with Crippen LogP contribution in [0, 0.1) is 11.8 Å². The van der Waals surface area contributed by atoms with Gasteiger partial charge in [0.15, 0.2) is 0 Å². The molecule has 0 saturated heterocycles. The zero-order valence-corrected chi connectivity index (χ0v) is 11.4. The molecule has 5 nitrogen and oxygen atoms in total. The minimum absolute atomic E-state index is 0.173. The molecule has 0 aromatic carbocycles. The van der Waals surface area contributed by atoms with Gasteiger partial charge in [0.25, 0.3) is 10.0 Å². The van der Waals surface area contributed by atoms with Crippen LogP contribution < -0.4 is 10.5 Å². The van der Waals surface area contributed by atoms with E-state index in [4.69, 9.17) is 9.56 Å². The number of nitrogens with one attached hydrogen (secondary N) is 1. The van der Waals surface area contributed by atoms with E-state index >= 15 is 0 Å². The van der Waals surface area contributed by atoms with E-state index in [1.54, 1.807) is 6.07 Å². The van der Waals surface area contributed by atoms with Crippen LogP contribution in [0.5, 0.6) is 0 Å². The molecule has 102 valence electrons. The van der Waals surface area contributed by atoms with E-state index in [-0.39, 0.29) is 5.09 Å². The molecule has 1 aromatic heterocycles. The standard InChI is InChI=1S/C12H20N2O3S/c1-9-3-2-4-10(9)7-14-8-11-5-6-12(17-11)18(13,15)16/h5-6,9-10,14H,2-4,7-8H2,1H3,(H2,13,15,16). The van der Waals surface area contributed by atoms with Crippen molar-refractivity contribution < 1.29 is 12.8 Å². The lowest BCUT2D eigenvalue weighted by Crippen LogP contribution is -2.23. The van der Waals surface area contributed by atoms with Gasteiger partial charge in [0.1, 0.15) is 5.76 Å². The van der Waals surface area contributed by atoms with E-state index in [1.165, 1.54) is 25.3 Å². The first-order valence-electron chi connectivity index (χ1n) is 6.29. The van der Waals surface area contributed by atoms with Crippen molar-refractivity contribution >= 4 is 10.0 Å². The van der Waals surface area contributed by atoms with Gasteiger partial charge in [-0.25, -0.2) is 13.6 Å². The summed E-state index contributed by atoms with van der Waals surface area (Å²) in [5, 5.41) is 8.11. The Morgan fingerprint density at radius 2 is 2.22 bits per heavy atom. The van der Waals surface area contributed by atoms with Crippen LogP contribution in [-0.4, -0.2) is 15.0 Å². The largest absolute Gasteiger partial charge is 0.447 e. The first-order valence-corrected chi connectivity index (χ1v) is 7.83. The van der Waals surface area contributed by atoms with E-state index in [0.29, 0.717) is 12.3 Å². The van der Waals surface area contributed by atoms with Gasteiger partial charge in [0.2, 0.25) is 5.09 Å². The van der Waals surface area contributed by atoms with E-state index in [1.807, 2.05) is 0 Å². The number of furan rings is 1. The van der Waals surface area contributed by atoms with Crippen LogP contribution in [-0.2, 0) is 16.6 Å². The van der Waals surface area contributed by atoms with Crippen molar-refractivity contribution in [3.63, 3.8) is 0 Å². The Hall–Kier alpha value is -0.850. The molecule has 1 heterocycles. The molecule has 0 spiro atoms. The maximum atomic E-state index is 11.0. The topological polar surface area (TPSA) is 85.3 Å². The summed E-state index contributed by atoms with van der Waals surface area (Å²) in [5.41, 5.74) is 0. The number of nitrogens with two attached hydrogens (primary N) is 1. The molecule has 0 bridgehead atoms. The van der Waals surface area contributed by atoms with Crippen LogP contribution in [0.3, 0.4) is 0 Å². The summed E-state index contributed by atoms with van der Waals surface area (Å²) in [6.07, 6.45) is 3.89. The Kier molecular flexibility index (Phi) is 4.09. The smallest absolute Gasteiger partial charge is 0.271 e. The fourth-order valence-electron chi connectivity index (χ4n) is 2.51. The van der Waals surface area contributed by atoms with Crippen LogP contribution >= 0.6 is 0 Å². The normalized spacial score (nSPS) is 24.6. The maximum absolute atomic E-state index is 11.0. The molecular formula is C12H20N2O3S. The lowest BCUT2D eigenvalue weighted by Gasteiger charge is -2.15. The highest BCUT2D eigenvalue weighted by atomic mass is 32.2. The molecular weight excluding hydrogens is 252 g/mol. The van der Waals surface area contributed by atoms with Crippen molar-refractivity contribution in [2.24, 2.45) is 17.0 Å². The second-order valence-corrected chi connectivity index (χ2v) is 6.56. The molecule has 1 saturated carbocycles. The van der Waals surface area contributed by atoms with E-state index in [0.717, 1.165) is 18.4 Å². The van der Waals surface area contributed by atoms with Crippen LogP contribution in [0.1, 0.15) is 31.9 Å².